The summed E-state index contributed by atoms with van der Waals surface area (Å²) in [5.41, 5.74) is 5.61. The number of amides is 1. The molecular formula is C15H23Cl2N5O3. The van der Waals surface area contributed by atoms with E-state index in [0.717, 1.165) is 11.0 Å². The van der Waals surface area contributed by atoms with E-state index in [1.54, 1.807) is 0 Å². The fraction of sp³-hybridized carbons (Fsp3) is 0.467. The molecule has 25 heavy (non-hydrogen) atoms. The second kappa shape index (κ2) is 8.98. The summed E-state index contributed by atoms with van der Waals surface area (Å²) in [6.45, 7) is 3.86. The van der Waals surface area contributed by atoms with Crippen LogP contribution in [0.25, 0.3) is 11.0 Å². The fourth-order valence-electron chi connectivity index (χ4n) is 2.27. The molecule has 0 spiro atoms. The molecule has 2 aromatic rings. The third-order valence-corrected chi connectivity index (χ3v) is 4.12. The van der Waals surface area contributed by atoms with E-state index in [1.165, 1.54) is 30.9 Å². The second-order valence-corrected chi connectivity index (χ2v) is 5.70. The van der Waals surface area contributed by atoms with Gasteiger partial charge in [0.15, 0.2) is 0 Å². The molecule has 2 rings (SSSR count). The average molecular weight is 392 g/mol. The Kier molecular flexibility index (Phi) is 8.30. The van der Waals surface area contributed by atoms with Crippen LogP contribution < -0.4 is 22.3 Å². The fourth-order valence-corrected chi connectivity index (χ4v) is 2.27. The molecule has 10 heteroatoms. The summed E-state index contributed by atoms with van der Waals surface area (Å²) in [7, 11) is 2.93. The Morgan fingerprint density at radius 2 is 1.88 bits per heavy atom. The van der Waals surface area contributed by atoms with E-state index in [9.17, 15) is 14.4 Å². The molecule has 0 aromatic carbocycles. The lowest BCUT2D eigenvalue weighted by atomic mass is 9.99. The first-order valence-electron chi connectivity index (χ1n) is 7.40. The summed E-state index contributed by atoms with van der Waals surface area (Å²) >= 11 is 0. The smallest absolute Gasteiger partial charge is 0.323 e. The summed E-state index contributed by atoms with van der Waals surface area (Å²) in [5, 5.41) is 2.92. The quantitative estimate of drug-likeness (QED) is 0.799. The number of nitrogens with two attached hydrogens (primary N) is 1. The average Bonchev–Trinajstić information content (AvgIpc) is 2.56. The van der Waals surface area contributed by atoms with E-state index in [-0.39, 0.29) is 47.7 Å². The number of anilines is 1. The number of hydrogen-bond acceptors (Lipinski definition) is 5. The Labute approximate surface area is 157 Å². The number of halogens is 2. The number of nitrogens with zero attached hydrogens (tertiary/aromatic N) is 3. The molecule has 0 radical (unpaired) electrons. The highest BCUT2D eigenvalue weighted by molar-refractivity contribution is 5.96. The van der Waals surface area contributed by atoms with Gasteiger partial charge in [-0.3, -0.25) is 18.7 Å². The maximum atomic E-state index is 12.2. The van der Waals surface area contributed by atoms with Crippen LogP contribution in [-0.4, -0.2) is 26.1 Å². The number of fused-ring (bicyclic) bond motifs is 1. The van der Waals surface area contributed by atoms with Gasteiger partial charge in [0.05, 0.1) is 23.3 Å². The monoisotopic (exact) mass is 391 g/mol. The Morgan fingerprint density at radius 1 is 1.28 bits per heavy atom. The molecule has 0 fully saturated rings. The van der Waals surface area contributed by atoms with Gasteiger partial charge in [-0.05, 0) is 12.0 Å². The highest BCUT2D eigenvalue weighted by Gasteiger charge is 2.20. The molecule has 0 bridgehead atoms. The number of aromatic nitrogens is 3. The maximum absolute atomic E-state index is 12.2. The van der Waals surface area contributed by atoms with Crippen molar-refractivity contribution in [3.63, 3.8) is 0 Å². The van der Waals surface area contributed by atoms with Gasteiger partial charge in [-0.25, -0.2) is 9.78 Å². The molecule has 8 nitrogen and oxygen atoms in total. The van der Waals surface area contributed by atoms with Crippen molar-refractivity contribution in [3.05, 3.63) is 33.1 Å². The molecule has 0 aliphatic heterocycles. The van der Waals surface area contributed by atoms with Crippen LogP contribution in [0.15, 0.2) is 21.9 Å². The van der Waals surface area contributed by atoms with Crippen molar-refractivity contribution in [2.45, 2.75) is 26.3 Å². The van der Waals surface area contributed by atoms with E-state index in [2.05, 4.69) is 10.3 Å². The Hall–Kier alpha value is -1.90. The lowest BCUT2D eigenvalue weighted by Gasteiger charge is -2.17. The zero-order valence-electron chi connectivity index (χ0n) is 14.5. The minimum atomic E-state index is -0.640. The maximum Gasteiger partial charge on any atom is 0.332 e. The number of carbonyl (C=O) groups is 1. The molecule has 140 valence electrons. The van der Waals surface area contributed by atoms with Gasteiger partial charge in [-0.1, -0.05) is 20.3 Å². The molecule has 0 aliphatic rings. The molecule has 3 N–H and O–H groups in total. The van der Waals surface area contributed by atoms with Crippen LogP contribution in [0, 0.1) is 5.92 Å². The van der Waals surface area contributed by atoms with Crippen molar-refractivity contribution >= 4 is 47.4 Å². The van der Waals surface area contributed by atoms with Crippen LogP contribution in [0.5, 0.6) is 0 Å². The number of rotatable bonds is 4. The third-order valence-electron chi connectivity index (χ3n) is 4.12. The normalized spacial score (nSPS) is 12.7. The predicted molar refractivity (Wildman–Crippen MR) is 103 cm³/mol. The Bertz CT molecular complexity index is 878. The van der Waals surface area contributed by atoms with Gasteiger partial charge in [0.2, 0.25) is 5.91 Å². The van der Waals surface area contributed by atoms with Crippen molar-refractivity contribution in [3.8, 4) is 0 Å². The first-order chi connectivity index (χ1) is 10.8. The van der Waals surface area contributed by atoms with Gasteiger partial charge >= 0.3 is 5.69 Å². The predicted octanol–water partition coefficient (Wildman–Crippen LogP) is 0.788. The summed E-state index contributed by atoms with van der Waals surface area (Å²) in [4.78, 5) is 40.3. The van der Waals surface area contributed by atoms with Crippen molar-refractivity contribution in [1.82, 2.24) is 14.1 Å². The van der Waals surface area contributed by atoms with E-state index in [1.807, 2.05) is 13.8 Å². The molecule has 2 unspecified atom stereocenters. The molecular weight excluding hydrogens is 369 g/mol. The van der Waals surface area contributed by atoms with Crippen LogP contribution in [0.1, 0.15) is 20.3 Å². The van der Waals surface area contributed by atoms with E-state index in [0.29, 0.717) is 5.69 Å². The van der Waals surface area contributed by atoms with Crippen LogP contribution in [-0.2, 0) is 18.9 Å². The van der Waals surface area contributed by atoms with Gasteiger partial charge < -0.3 is 11.1 Å². The minimum absolute atomic E-state index is 0. The first kappa shape index (κ1) is 23.1. The van der Waals surface area contributed by atoms with E-state index >= 15 is 0 Å². The Balaban J connectivity index is 0.00000288. The van der Waals surface area contributed by atoms with Crippen molar-refractivity contribution in [1.29, 1.82) is 0 Å². The van der Waals surface area contributed by atoms with Gasteiger partial charge in [0, 0.05) is 14.1 Å². The highest BCUT2D eigenvalue weighted by atomic mass is 35.5. The largest absolute Gasteiger partial charge is 0.332 e. The lowest BCUT2D eigenvalue weighted by molar-refractivity contribution is -0.118. The Morgan fingerprint density at radius 3 is 2.44 bits per heavy atom. The number of nitrogens with one attached hydrogen (secondary N) is 1. The van der Waals surface area contributed by atoms with E-state index in [4.69, 9.17) is 5.73 Å². The molecule has 1 amide bonds. The molecule has 2 heterocycles. The number of carbonyl (C=O) groups excluding carboxylic acids is 1. The van der Waals surface area contributed by atoms with Crippen molar-refractivity contribution in [2.24, 2.45) is 25.7 Å². The standard InChI is InChI=1S/C15H21N5O3.2ClH/c1-5-8(2)11(16)13(21)18-9-6-10-12(17-7-9)19(3)15(23)20(4)14(10)22;;/h6-8,11H,5,16H2,1-4H3,(H,18,21);2*1H. The second-order valence-electron chi connectivity index (χ2n) is 5.70. The number of hydrogen-bond donors (Lipinski definition) is 2. The molecule has 2 atom stereocenters. The molecule has 0 aliphatic carbocycles. The zero-order valence-corrected chi connectivity index (χ0v) is 16.1. The summed E-state index contributed by atoms with van der Waals surface area (Å²) in [6.07, 6.45) is 2.19. The SMILES string of the molecule is CCC(C)C(N)C(=O)Nc1cnc2c(c1)c(=O)n(C)c(=O)n2C.Cl.Cl. The number of aryl methyl sites for hydroxylation is 1. The molecule has 2 aromatic heterocycles. The van der Waals surface area contributed by atoms with Gasteiger partial charge in [0.1, 0.15) is 5.65 Å². The summed E-state index contributed by atoms with van der Waals surface area (Å²) < 4.78 is 2.29. The minimum Gasteiger partial charge on any atom is -0.323 e. The summed E-state index contributed by atoms with van der Waals surface area (Å²) in [6, 6.07) is 0.865. The topological polar surface area (TPSA) is 112 Å². The van der Waals surface area contributed by atoms with Gasteiger partial charge in [0.25, 0.3) is 5.56 Å². The third kappa shape index (κ3) is 4.39. The van der Waals surface area contributed by atoms with Crippen molar-refractivity contribution in [2.75, 3.05) is 5.32 Å². The van der Waals surface area contributed by atoms with Gasteiger partial charge in [-0.15, -0.1) is 24.8 Å². The van der Waals surface area contributed by atoms with Gasteiger partial charge in [-0.2, -0.15) is 0 Å². The molecule has 0 saturated carbocycles. The van der Waals surface area contributed by atoms with Crippen LogP contribution in [0.2, 0.25) is 0 Å². The van der Waals surface area contributed by atoms with Crippen LogP contribution in [0.4, 0.5) is 5.69 Å². The van der Waals surface area contributed by atoms with E-state index < -0.39 is 17.3 Å². The van der Waals surface area contributed by atoms with Crippen LogP contribution in [0.3, 0.4) is 0 Å². The highest BCUT2D eigenvalue weighted by Crippen LogP contribution is 2.13. The van der Waals surface area contributed by atoms with Crippen molar-refractivity contribution < 1.29 is 4.79 Å². The van der Waals surface area contributed by atoms with Crippen LogP contribution >= 0.6 is 24.8 Å². The first-order valence-corrected chi connectivity index (χ1v) is 7.40. The molecule has 0 saturated heterocycles. The number of pyridine rings is 1. The summed E-state index contributed by atoms with van der Waals surface area (Å²) in [5.74, 6) is -0.292. The lowest BCUT2D eigenvalue weighted by Crippen LogP contribution is -2.40. The zero-order chi connectivity index (χ0) is 17.3.